The molecule has 2 aliphatic heterocycles. The lowest BCUT2D eigenvalue weighted by Crippen LogP contribution is -2.39. The number of alkyl halides is 3. The zero-order valence-electron chi connectivity index (χ0n) is 13.1. The predicted octanol–water partition coefficient (Wildman–Crippen LogP) is 2.95. The van der Waals surface area contributed by atoms with Crippen LogP contribution in [0.1, 0.15) is 30.4 Å². The molecule has 0 radical (unpaired) electrons. The van der Waals surface area contributed by atoms with Gasteiger partial charge in [0.25, 0.3) is 0 Å². The molecule has 0 saturated carbocycles. The fourth-order valence-electron chi connectivity index (χ4n) is 3.38. The standard InChI is InChI=1S/C15H19F3N2O2S.ClH/c1-10-8-11(15(16,17)18)2-5-14(10)23(21,22)20-7-6-12-3-4-13(9-20)19-12;/h2,5,8,12-13,19H,3-4,6-7,9H2,1H3;1H. The second-order valence-electron chi connectivity index (χ2n) is 6.27. The van der Waals surface area contributed by atoms with Crippen molar-refractivity contribution in [3.8, 4) is 0 Å². The summed E-state index contributed by atoms with van der Waals surface area (Å²) in [7, 11) is -3.77. The fraction of sp³-hybridized carbons (Fsp3) is 0.600. The summed E-state index contributed by atoms with van der Waals surface area (Å²) in [6.45, 7) is 2.18. The lowest BCUT2D eigenvalue weighted by molar-refractivity contribution is -0.137. The van der Waals surface area contributed by atoms with Crippen molar-refractivity contribution in [1.29, 1.82) is 0 Å². The van der Waals surface area contributed by atoms with E-state index in [2.05, 4.69) is 5.32 Å². The van der Waals surface area contributed by atoms with Gasteiger partial charge in [-0.2, -0.15) is 17.5 Å². The van der Waals surface area contributed by atoms with E-state index in [0.717, 1.165) is 37.5 Å². The molecule has 3 rings (SSSR count). The highest BCUT2D eigenvalue weighted by Crippen LogP contribution is 2.33. The van der Waals surface area contributed by atoms with Crippen LogP contribution in [0.4, 0.5) is 13.2 Å². The number of sulfonamides is 1. The smallest absolute Gasteiger partial charge is 0.310 e. The molecular formula is C15H20ClF3N2O2S. The Morgan fingerprint density at radius 2 is 1.83 bits per heavy atom. The Morgan fingerprint density at radius 1 is 1.17 bits per heavy atom. The lowest BCUT2D eigenvalue weighted by atomic mass is 10.1. The molecule has 2 fully saturated rings. The lowest BCUT2D eigenvalue weighted by Gasteiger charge is -2.24. The number of benzene rings is 1. The zero-order chi connectivity index (χ0) is 16.8. The van der Waals surface area contributed by atoms with E-state index < -0.39 is 21.8 Å². The van der Waals surface area contributed by atoms with Gasteiger partial charge in [0.1, 0.15) is 0 Å². The molecule has 2 saturated heterocycles. The zero-order valence-corrected chi connectivity index (χ0v) is 14.8. The molecule has 2 atom stereocenters. The first kappa shape index (κ1) is 19.5. The maximum atomic E-state index is 12.8. The van der Waals surface area contributed by atoms with E-state index in [1.807, 2.05) is 0 Å². The van der Waals surface area contributed by atoms with Gasteiger partial charge < -0.3 is 5.32 Å². The van der Waals surface area contributed by atoms with E-state index in [-0.39, 0.29) is 28.9 Å². The van der Waals surface area contributed by atoms with Crippen molar-refractivity contribution in [3.05, 3.63) is 29.3 Å². The summed E-state index contributed by atoms with van der Waals surface area (Å²) in [5.41, 5.74) is -0.701. The Labute approximate surface area is 145 Å². The quantitative estimate of drug-likeness (QED) is 0.852. The van der Waals surface area contributed by atoms with Gasteiger partial charge in [-0.15, -0.1) is 12.4 Å². The Bertz CT molecular complexity index is 709. The number of halogens is 4. The molecule has 136 valence electrons. The van der Waals surface area contributed by atoms with Crippen molar-refractivity contribution < 1.29 is 21.6 Å². The highest BCUT2D eigenvalue weighted by molar-refractivity contribution is 7.89. The molecule has 4 nitrogen and oxygen atoms in total. The highest BCUT2D eigenvalue weighted by atomic mass is 35.5. The minimum atomic E-state index is -4.47. The van der Waals surface area contributed by atoms with Gasteiger partial charge >= 0.3 is 6.18 Å². The molecule has 1 N–H and O–H groups in total. The molecule has 1 aromatic carbocycles. The van der Waals surface area contributed by atoms with Gasteiger partial charge in [-0.05, 0) is 49.9 Å². The van der Waals surface area contributed by atoms with Crippen LogP contribution in [0, 0.1) is 6.92 Å². The van der Waals surface area contributed by atoms with Gasteiger partial charge in [-0.1, -0.05) is 0 Å². The van der Waals surface area contributed by atoms with Crippen LogP contribution < -0.4 is 5.32 Å². The normalized spacial score (nSPS) is 25.2. The molecule has 2 heterocycles. The van der Waals surface area contributed by atoms with Crippen LogP contribution in [0.2, 0.25) is 0 Å². The van der Waals surface area contributed by atoms with Crippen LogP contribution in [0.25, 0.3) is 0 Å². The Morgan fingerprint density at radius 3 is 2.46 bits per heavy atom. The summed E-state index contributed by atoms with van der Waals surface area (Å²) in [6, 6.07) is 3.28. The first-order valence-corrected chi connectivity index (χ1v) is 9.06. The van der Waals surface area contributed by atoms with Gasteiger partial charge in [0, 0.05) is 25.2 Å². The van der Waals surface area contributed by atoms with Gasteiger partial charge in [0.15, 0.2) is 0 Å². The summed E-state index contributed by atoms with van der Waals surface area (Å²) >= 11 is 0. The number of hydrogen-bond donors (Lipinski definition) is 1. The van der Waals surface area contributed by atoms with Crippen molar-refractivity contribution in [1.82, 2.24) is 9.62 Å². The van der Waals surface area contributed by atoms with Crippen LogP contribution >= 0.6 is 12.4 Å². The Kier molecular flexibility index (Phi) is 5.54. The van der Waals surface area contributed by atoms with E-state index in [9.17, 15) is 21.6 Å². The molecule has 0 amide bonds. The van der Waals surface area contributed by atoms with Crippen molar-refractivity contribution in [3.63, 3.8) is 0 Å². The minimum Gasteiger partial charge on any atom is -0.310 e. The molecule has 2 aliphatic rings. The second kappa shape index (κ2) is 6.82. The molecule has 0 aromatic heterocycles. The van der Waals surface area contributed by atoms with Crippen molar-refractivity contribution >= 4 is 22.4 Å². The topological polar surface area (TPSA) is 49.4 Å². The summed E-state index contributed by atoms with van der Waals surface area (Å²) in [6.07, 6.45) is -1.76. The fourth-order valence-corrected chi connectivity index (χ4v) is 5.09. The highest BCUT2D eigenvalue weighted by Gasteiger charge is 2.36. The van der Waals surface area contributed by atoms with E-state index in [4.69, 9.17) is 0 Å². The third kappa shape index (κ3) is 3.71. The van der Waals surface area contributed by atoms with Crippen molar-refractivity contribution in [2.45, 2.75) is 49.3 Å². The molecule has 0 aliphatic carbocycles. The first-order valence-electron chi connectivity index (χ1n) is 7.62. The minimum absolute atomic E-state index is 0. The predicted molar refractivity (Wildman–Crippen MR) is 86.8 cm³/mol. The van der Waals surface area contributed by atoms with Crippen LogP contribution in [0.15, 0.2) is 23.1 Å². The number of nitrogens with zero attached hydrogens (tertiary/aromatic N) is 1. The SMILES string of the molecule is Cc1cc(C(F)(F)F)ccc1S(=O)(=O)N1CCC2CCC(C1)N2.Cl. The van der Waals surface area contributed by atoms with Crippen molar-refractivity contribution in [2.24, 2.45) is 0 Å². The molecule has 1 aromatic rings. The summed E-state index contributed by atoms with van der Waals surface area (Å²) in [5.74, 6) is 0. The number of rotatable bonds is 2. The largest absolute Gasteiger partial charge is 0.416 e. The van der Waals surface area contributed by atoms with Gasteiger partial charge in [-0.3, -0.25) is 0 Å². The van der Waals surface area contributed by atoms with Crippen LogP contribution in [0.5, 0.6) is 0 Å². The van der Waals surface area contributed by atoms with Crippen LogP contribution in [0.3, 0.4) is 0 Å². The van der Waals surface area contributed by atoms with Gasteiger partial charge in [0.2, 0.25) is 10.0 Å². The number of nitrogens with one attached hydrogen (secondary N) is 1. The molecule has 2 unspecified atom stereocenters. The molecule has 9 heteroatoms. The number of aryl methyl sites for hydroxylation is 1. The summed E-state index contributed by atoms with van der Waals surface area (Å²) in [5, 5.41) is 3.40. The Hall–Kier alpha value is -0.830. The molecule has 24 heavy (non-hydrogen) atoms. The molecule has 2 bridgehead atoms. The van der Waals surface area contributed by atoms with E-state index >= 15 is 0 Å². The second-order valence-corrected chi connectivity index (χ2v) is 8.17. The van der Waals surface area contributed by atoms with Crippen molar-refractivity contribution in [2.75, 3.05) is 13.1 Å². The Balaban J connectivity index is 0.00000208. The average molecular weight is 385 g/mol. The average Bonchev–Trinajstić information content (AvgIpc) is 2.76. The molecule has 0 spiro atoms. The third-order valence-electron chi connectivity index (χ3n) is 4.61. The number of fused-ring (bicyclic) bond motifs is 2. The first-order chi connectivity index (χ1) is 10.7. The van der Waals surface area contributed by atoms with Crippen LogP contribution in [-0.2, 0) is 16.2 Å². The maximum Gasteiger partial charge on any atom is 0.416 e. The maximum absolute atomic E-state index is 12.8. The summed E-state index contributed by atoms with van der Waals surface area (Å²) in [4.78, 5) is -0.0386. The van der Waals surface area contributed by atoms with E-state index in [1.54, 1.807) is 0 Å². The number of hydrogen-bond acceptors (Lipinski definition) is 3. The van der Waals surface area contributed by atoms with Gasteiger partial charge in [0.05, 0.1) is 10.5 Å². The summed E-state index contributed by atoms with van der Waals surface area (Å²) < 4.78 is 65.2. The monoisotopic (exact) mass is 384 g/mol. The van der Waals surface area contributed by atoms with Gasteiger partial charge in [-0.25, -0.2) is 8.42 Å². The van der Waals surface area contributed by atoms with E-state index in [0.29, 0.717) is 19.1 Å². The third-order valence-corrected chi connectivity index (χ3v) is 6.63. The van der Waals surface area contributed by atoms with Crippen LogP contribution in [-0.4, -0.2) is 37.9 Å². The van der Waals surface area contributed by atoms with E-state index in [1.165, 1.54) is 11.2 Å². The molecular weight excluding hydrogens is 365 g/mol.